The van der Waals surface area contributed by atoms with Crippen molar-refractivity contribution in [1.29, 1.82) is 0 Å². The molecular weight excluding hydrogens is 254 g/mol. The minimum absolute atomic E-state index is 0.319. The van der Waals surface area contributed by atoms with Crippen molar-refractivity contribution in [3.63, 3.8) is 0 Å². The summed E-state index contributed by atoms with van der Waals surface area (Å²) in [6.07, 6.45) is 0. The zero-order valence-electron chi connectivity index (χ0n) is 10.9. The first kappa shape index (κ1) is 12.1. The third-order valence-electron chi connectivity index (χ3n) is 3.21. The topological polar surface area (TPSA) is 33.6 Å². The van der Waals surface area contributed by atoms with Gasteiger partial charge in [0.15, 0.2) is 4.77 Å². The minimum Gasteiger partial charge on any atom is -0.272 e. The second-order valence-corrected chi connectivity index (χ2v) is 5.30. The lowest BCUT2D eigenvalue weighted by Gasteiger charge is -2.10. The fraction of sp³-hybridized carbons (Fsp3) is 0.200. The molecule has 4 heteroatoms. The minimum atomic E-state index is 0.319. The van der Waals surface area contributed by atoms with Crippen LogP contribution in [0.2, 0.25) is 0 Å². The second kappa shape index (κ2) is 4.63. The molecule has 1 N–H and O–H groups in total. The lowest BCUT2D eigenvalue weighted by Crippen LogP contribution is -2.03. The highest BCUT2D eigenvalue weighted by molar-refractivity contribution is 7.71. The predicted octanol–water partition coefficient (Wildman–Crippen LogP) is 4.21. The normalized spacial score (nSPS) is 11.3. The van der Waals surface area contributed by atoms with Crippen LogP contribution in [0.1, 0.15) is 25.6 Å². The van der Waals surface area contributed by atoms with E-state index in [1.807, 2.05) is 16.7 Å². The monoisotopic (exact) mass is 269 g/mol. The summed E-state index contributed by atoms with van der Waals surface area (Å²) in [5.41, 5.74) is 1.06. The molecule has 19 heavy (non-hydrogen) atoms. The standard InChI is InChI=1S/C15H15N3S/c1-10(2)14-16-17-15(19)18(14)13-8-7-11-5-3-4-6-12(11)9-13/h3-10H,1-2H3,(H,17,19). The van der Waals surface area contributed by atoms with Crippen molar-refractivity contribution >= 4 is 23.0 Å². The zero-order valence-corrected chi connectivity index (χ0v) is 11.7. The summed E-state index contributed by atoms with van der Waals surface area (Å²) in [5, 5.41) is 9.63. The molecule has 0 bridgehead atoms. The van der Waals surface area contributed by atoms with Gasteiger partial charge in [-0.3, -0.25) is 9.67 Å². The summed E-state index contributed by atoms with van der Waals surface area (Å²) in [6, 6.07) is 14.7. The average Bonchev–Trinajstić information content (AvgIpc) is 2.80. The molecule has 0 saturated heterocycles. The van der Waals surface area contributed by atoms with Crippen LogP contribution < -0.4 is 0 Å². The van der Waals surface area contributed by atoms with Gasteiger partial charge in [-0.25, -0.2) is 0 Å². The highest BCUT2D eigenvalue weighted by Crippen LogP contribution is 2.22. The lowest BCUT2D eigenvalue weighted by atomic mass is 10.1. The first-order valence-corrected chi connectivity index (χ1v) is 6.74. The van der Waals surface area contributed by atoms with E-state index in [1.54, 1.807) is 0 Å². The van der Waals surface area contributed by atoms with Crippen LogP contribution in [0.15, 0.2) is 42.5 Å². The van der Waals surface area contributed by atoms with E-state index in [0.717, 1.165) is 11.5 Å². The van der Waals surface area contributed by atoms with Crippen molar-refractivity contribution in [1.82, 2.24) is 14.8 Å². The molecule has 0 fully saturated rings. The molecule has 96 valence electrons. The van der Waals surface area contributed by atoms with Gasteiger partial charge in [-0.1, -0.05) is 44.2 Å². The van der Waals surface area contributed by atoms with Crippen molar-refractivity contribution < 1.29 is 0 Å². The van der Waals surface area contributed by atoms with E-state index in [4.69, 9.17) is 12.2 Å². The van der Waals surface area contributed by atoms with Crippen molar-refractivity contribution in [2.24, 2.45) is 0 Å². The van der Waals surface area contributed by atoms with E-state index in [-0.39, 0.29) is 0 Å². The summed E-state index contributed by atoms with van der Waals surface area (Å²) in [6.45, 7) is 4.23. The molecule has 0 aliphatic rings. The van der Waals surface area contributed by atoms with Gasteiger partial charge in [0.2, 0.25) is 0 Å². The Morgan fingerprint density at radius 3 is 2.58 bits per heavy atom. The maximum atomic E-state index is 5.34. The fourth-order valence-electron chi connectivity index (χ4n) is 2.26. The lowest BCUT2D eigenvalue weighted by molar-refractivity contribution is 0.744. The number of rotatable bonds is 2. The molecule has 3 aromatic rings. The number of aromatic amines is 1. The number of H-pyrrole nitrogens is 1. The summed E-state index contributed by atoms with van der Waals surface area (Å²) in [5.74, 6) is 1.28. The molecule has 1 heterocycles. The zero-order chi connectivity index (χ0) is 13.4. The summed E-state index contributed by atoms with van der Waals surface area (Å²) in [4.78, 5) is 0. The van der Waals surface area contributed by atoms with Gasteiger partial charge in [-0.2, -0.15) is 5.10 Å². The fourth-order valence-corrected chi connectivity index (χ4v) is 2.51. The molecule has 2 aromatic carbocycles. The Labute approximate surface area is 116 Å². The Morgan fingerprint density at radius 2 is 1.84 bits per heavy atom. The van der Waals surface area contributed by atoms with Gasteiger partial charge < -0.3 is 0 Å². The van der Waals surface area contributed by atoms with Crippen LogP contribution in [0.25, 0.3) is 16.5 Å². The van der Waals surface area contributed by atoms with E-state index in [1.165, 1.54) is 10.8 Å². The molecule has 0 amide bonds. The highest BCUT2D eigenvalue weighted by Gasteiger charge is 2.11. The van der Waals surface area contributed by atoms with E-state index < -0.39 is 0 Å². The van der Waals surface area contributed by atoms with Gasteiger partial charge in [0.05, 0.1) is 5.69 Å². The average molecular weight is 269 g/mol. The van der Waals surface area contributed by atoms with Crippen LogP contribution in [-0.2, 0) is 0 Å². The van der Waals surface area contributed by atoms with Crippen molar-refractivity contribution in [2.45, 2.75) is 19.8 Å². The highest BCUT2D eigenvalue weighted by atomic mass is 32.1. The summed E-state index contributed by atoms with van der Waals surface area (Å²) >= 11 is 5.34. The second-order valence-electron chi connectivity index (χ2n) is 4.91. The molecule has 3 rings (SSSR count). The maximum absolute atomic E-state index is 5.34. The molecule has 0 atom stereocenters. The number of hydrogen-bond acceptors (Lipinski definition) is 2. The molecule has 0 aliphatic carbocycles. The van der Waals surface area contributed by atoms with Crippen LogP contribution in [-0.4, -0.2) is 14.8 Å². The van der Waals surface area contributed by atoms with Crippen molar-refractivity contribution in [3.05, 3.63) is 53.1 Å². The molecule has 0 saturated carbocycles. The number of fused-ring (bicyclic) bond motifs is 1. The smallest absolute Gasteiger partial charge is 0.199 e. The summed E-state index contributed by atoms with van der Waals surface area (Å²) in [7, 11) is 0. The number of nitrogens with one attached hydrogen (secondary N) is 1. The van der Waals surface area contributed by atoms with Gasteiger partial charge in [0, 0.05) is 5.92 Å². The first-order valence-electron chi connectivity index (χ1n) is 6.33. The van der Waals surface area contributed by atoms with Gasteiger partial charge in [-0.05, 0) is 35.1 Å². The number of benzene rings is 2. The predicted molar refractivity (Wildman–Crippen MR) is 80.3 cm³/mol. The van der Waals surface area contributed by atoms with Crippen LogP contribution in [0.3, 0.4) is 0 Å². The van der Waals surface area contributed by atoms with E-state index >= 15 is 0 Å². The Kier molecular flexibility index (Phi) is 2.95. The Morgan fingerprint density at radius 1 is 1.11 bits per heavy atom. The van der Waals surface area contributed by atoms with Crippen LogP contribution in [0, 0.1) is 4.77 Å². The molecule has 1 aromatic heterocycles. The third kappa shape index (κ3) is 2.08. The molecule has 0 unspecified atom stereocenters. The molecule has 3 nitrogen and oxygen atoms in total. The number of hydrogen-bond donors (Lipinski definition) is 1. The van der Waals surface area contributed by atoms with Gasteiger partial charge in [-0.15, -0.1) is 0 Å². The SMILES string of the molecule is CC(C)c1n[nH]c(=S)n1-c1ccc2ccccc2c1. The van der Waals surface area contributed by atoms with Gasteiger partial charge in [0.25, 0.3) is 0 Å². The van der Waals surface area contributed by atoms with Gasteiger partial charge in [0.1, 0.15) is 5.82 Å². The molecule has 0 radical (unpaired) electrons. The van der Waals surface area contributed by atoms with E-state index in [2.05, 4.69) is 54.4 Å². The van der Waals surface area contributed by atoms with E-state index in [9.17, 15) is 0 Å². The van der Waals surface area contributed by atoms with Crippen LogP contribution >= 0.6 is 12.2 Å². The molecular formula is C15H15N3S. The number of aromatic nitrogens is 3. The Hall–Kier alpha value is -1.94. The third-order valence-corrected chi connectivity index (χ3v) is 3.48. The van der Waals surface area contributed by atoms with Crippen molar-refractivity contribution in [2.75, 3.05) is 0 Å². The molecule has 0 aliphatic heterocycles. The largest absolute Gasteiger partial charge is 0.272 e. The Balaban J connectivity index is 2.24. The first-order chi connectivity index (χ1) is 9.16. The van der Waals surface area contributed by atoms with Crippen LogP contribution in [0.4, 0.5) is 0 Å². The van der Waals surface area contributed by atoms with Crippen LogP contribution in [0.5, 0.6) is 0 Å². The quantitative estimate of drug-likeness (QED) is 0.707. The Bertz CT molecular complexity index is 783. The van der Waals surface area contributed by atoms with Crippen molar-refractivity contribution in [3.8, 4) is 5.69 Å². The summed E-state index contributed by atoms with van der Waals surface area (Å²) < 4.78 is 2.64. The van der Waals surface area contributed by atoms with Gasteiger partial charge >= 0.3 is 0 Å². The maximum Gasteiger partial charge on any atom is 0.199 e. The molecule has 0 spiro atoms. The van der Waals surface area contributed by atoms with E-state index in [0.29, 0.717) is 10.7 Å². The number of nitrogens with zero attached hydrogens (tertiary/aromatic N) is 2.